The summed E-state index contributed by atoms with van der Waals surface area (Å²) in [6.45, 7) is 3.18. The highest BCUT2D eigenvalue weighted by atomic mass is 16.5. The van der Waals surface area contributed by atoms with E-state index in [1.807, 2.05) is 6.92 Å². The lowest BCUT2D eigenvalue weighted by atomic mass is 10.2. The van der Waals surface area contributed by atoms with Crippen molar-refractivity contribution in [3.63, 3.8) is 0 Å². The van der Waals surface area contributed by atoms with E-state index in [0.29, 0.717) is 13.2 Å². The first kappa shape index (κ1) is 13.3. The summed E-state index contributed by atoms with van der Waals surface area (Å²) in [6.07, 6.45) is 5.99. The molecule has 19 heavy (non-hydrogen) atoms. The number of nitrogen functional groups attached to an aromatic ring is 1. The van der Waals surface area contributed by atoms with Crippen LogP contribution in [-0.4, -0.2) is 16.2 Å². The predicted molar refractivity (Wildman–Crippen MR) is 74.2 cm³/mol. The number of hydrogen-bond acceptors (Lipinski definition) is 4. The van der Waals surface area contributed by atoms with Gasteiger partial charge < -0.3 is 10.5 Å². The van der Waals surface area contributed by atoms with Crippen molar-refractivity contribution < 1.29 is 4.74 Å². The zero-order valence-corrected chi connectivity index (χ0v) is 10.9. The van der Waals surface area contributed by atoms with Gasteiger partial charge in [0, 0.05) is 25.2 Å². The highest BCUT2D eigenvalue weighted by Crippen LogP contribution is 2.09. The fraction of sp³-hybridized carbons (Fsp3) is 0.286. The summed E-state index contributed by atoms with van der Waals surface area (Å²) in [5, 5.41) is 0. The number of nitrogens with zero attached hydrogens (tertiary/aromatic N) is 2. The van der Waals surface area contributed by atoms with Crippen LogP contribution in [0.1, 0.15) is 18.9 Å². The van der Waals surface area contributed by atoms with Gasteiger partial charge in [0.15, 0.2) is 0 Å². The van der Waals surface area contributed by atoms with Crippen molar-refractivity contribution in [1.82, 2.24) is 9.55 Å². The van der Waals surface area contributed by atoms with Crippen molar-refractivity contribution >= 4 is 5.69 Å². The largest absolute Gasteiger partial charge is 0.394 e. The number of aromatic nitrogens is 2. The average Bonchev–Trinajstić information content (AvgIpc) is 2.44. The Balaban J connectivity index is 2.35. The maximum Gasteiger partial charge on any atom is 0.278 e. The second kappa shape index (κ2) is 6.15. The van der Waals surface area contributed by atoms with Crippen molar-refractivity contribution in [1.29, 1.82) is 0 Å². The first-order valence-corrected chi connectivity index (χ1v) is 6.21. The molecule has 0 fully saturated rings. The molecule has 0 radical (unpaired) electrons. The topological polar surface area (TPSA) is 70.1 Å². The molecule has 0 saturated heterocycles. The maximum atomic E-state index is 12.0. The first-order valence-electron chi connectivity index (χ1n) is 6.21. The molecular weight excluding hydrogens is 242 g/mol. The summed E-state index contributed by atoms with van der Waals surface area (Å²) in [4.78, 5) is 16.0. The third-order valence-corrected chi connectivity index (χ3v) is 2.66. The zero-order chi connectivity index (χ0) is 13.7. The summed E-state index contributed by atoms with van der Waals surface area (Å²) < 4.78 is 6.99. The van der Waals surface area contributed by atoms with Crippen molar-refractivity contribution in [2.75, 3.05) is 12.3 Å². The van der Waals surface area contributed by atoms with Gasteiger partial charge >= 0.3 is 0 Å². The smallest absolute Gasteiger partial charge is 0.278 e. The Hall–Kier alpha value is -2.14. The molecule has 0 atom stereocenters. The lowest BCUT2D eigenvalue weighted by Crippen LogP contribution is -2.22. The van der Waals surface area contributed by atoms with Crippen molar-refractivity contribution in [3.8, 4) is 5.69 Å². The van der Waals surface area contributed by atoms with E-state index in [1.54, 1.807) is 36.8 Å². The van der Waals surface area contributed by atoms with Gasteiger partial charge in [0.25, 0.3) is 5.56 Å². The molecule has 100 valence electrons. The highest BCUT2D eigenvalue weighted by molar-refractivity contribution is 5.42. The number of rotatable bonds is 5. The Morgan fingerprint density at radius 1 is 1.37 bits per heavy atom. The Morgan fingerprint density at radius 2 is 2.11 bits per heavy atom. The summed E-state index contributed by atoms with van der Waals surface area (Å²) in [6, 6.07) is 5.19. The van der Waals surface area contributed by atoms with E-state index in [-0.39, 0.29) is 11.2 Å². The molecule has 5 heteroatoms. The van der Waals surface area contributed by atoms with Crippen LogP contribution in [0.15, 0.2) is 41.6 Å². The Bertz CT molecular complexity index is 593. The van der Waals surface area contributed by atoms with Gasteiger partial charge in [-0.05, 0) is 30.2 Å². The third-order valence-electron chi connectivity index (χ3n) is 2.66. The first-order chi connectivity index (χ1) is 9.22. The van der Waals surface area contributed by atoms with Crippen LogP contribution in [0, 0.1) is 0 Å². The molecule has 2 rings (SSSR count). The molecule has 0 aliphatic heterocycles. The summed E-state index contributed by atoms with van der Waals surface area (Å²) in [7, 11) is 0. The van der Waals surface area contributed by atoms with Gasteiger partial charge in [-0.25, -0.2) is 0 Å². The van der Waals surface area contributed by atoms with Crippen LogP contribution in [0.2, 0.25) is 0 Å². The average molecular weight is 259 g/mol. The Morgan fingerprint density at radius 3 is 2.79 bits per heavy atom. The van der Waals surface area contributed by atoms with E-state index in [4.69, 9.17) is 10.5 Å². The van der Waals surface area contributed by atoms with E-state index in [1.165, 1.54) is 4.57 Å². The fourth-order valence-electron chi connectivity index (χ4n) is 1.77. The molecule has 0 spiro atoms. The molecule has 2 heterocycles. The Labute approximate surface area is 111 Å². The molecule has 0 amide bonds. The van der Waals surface area contributed by atoms with Crippen molar-refractivity contribution in [2.24, 2.45) is 0 Å². The third kappa shape index (κ3) is 3.20. The minimum Gasteiger partial charge on any atom is -0.394 e. The Kier molecular flexibility index (Phi) is 4.30. The molecule has 0 unspecified atom stereocenters. The van der Waals surface area contributed by atoms with Gasteiger partial charge in [-0.3, -0.25) is 14.3 Å². The molecule has 5 nitrogen and oxygen atoms in total. The van der Waals surface area contributed by atoms with Crippen molar-refractivity contribution in [2.45, 2.75) is 20.0 Å². The molecule has 2 aromatic heterocycles. The molecule has 0 aromatic carbocycles. The summed E-state index contributed by atoms with van der Waals surface area (Å²) in [5.41, 5.74) is 7.36. The lowest BCUT2D eigenvalue weighted by Gasteiger charge is -2.10. The number of pyridine rings is 2. The standard InChI is InChI=1S/C14H17N3O2/c1-2-7-19-10-11-8-13(15)14(18)17(9-11)12-3-5-16-6-4-12/h3-6,8-9H,2,7,10,15H2,1H3. The van der Waals surface area contributed by atoms with Gasteiger partial charge in [0.1, 0.15) is 0 Å². The van der Waals surface area contributed by atoms with E-state index >= 15 is 0 Å². The SMILES string of the molecule is CCCOCc1cc(N)c(=O)n(-c2ccncc2)c1. The van der Waals surface area contributed by atoms with Crippen LogP contribution in [0.3, 0.4) is 0 Å². The van der Waals surface area contributed by atoms with Crippen LogP contribution in [0.4, 0.5) is 5.69 Å². The normalized spacial score (nSPS) is 10.6. The fourth-order valence-corrected chi connectivity index (χ4v) is 1.77. The summed E-state index contributed by atoms with van der Waals surface area (Å²) >= 11 is 0. The van der Waals surface area contributed by atoms with Gasteiger partial charge in [0.05, 0.1) is 18.0 Å². The molecule has 0 aliphatic rings. The minimum absolute atomic E-state index is 0.217. The molecule has 2 aromatic rings. The molecule has 2 N–H and O–H groups in total. The minimum atomic E-state index is -0.231. The number of ether oxygens (including phenoxy) is 1. The van der Waals surface area contributed by atoms with Crippen LogP contribution < -0.4 is 11.3 Å². The van der Waals surface area contributed by atoms with E-state index < -0.39 is 0 Å². The van der Waals surface area contributed by atoms with E-state index in [0.717, 1.165) is 17.7 Å². The second-order valence-electron chi connectivity index (χ2n) is 4.24. The zero-order valence-electron chi connectivity index (χ0n) is 10.9. The van der Waals surface area contributed by atoms with Crippen LogP contribution in [0.25, 0.3) is 5.69 Å². The number of anilines is 1. The summed E-state index contributed by atoms with van der Waals surface area (Å²) in [5.74, 6) is 0. The van der Waals surface area contributed by atoms with Crippen LogP contribution in [0.5, 0.6) is 0 Å². The van der Waals surface area contributed by atoms with Gasteiger partial charge in [0.2, 0.25) is 0 Å². The van der Waals surface area contributed by atoms with Gasteiger partial charge in [-0.1, -0.05) is 6.92 Å². The van der Waals surface area contributed by atoms with Crippen LogP contribution in [-0.2, 0) is 11.3 Å². The van der Waals surface area contributed by atoms with Gasteiger partial charge in [-0.15, -0.1) is 0 Å². The van der Waals surface area contributed by atoms with E-state index in [9.17, 15) is 4.79 Å². The monoisotopic (exact) mass is 259 g/mol. The van der Waals surface area contributed by atoms with Crippen LogP contribution >= 0.6 is 0 Å². The van der Waals surface area contributed by atoms with Gasteiger partial charge in [-0.2, -0.15) is 0 Å². The quantitative estimate of drug-likeness (QED) is 0.830. The number of hydrogen-bond donors (Lipinski definition) is 1. The maximum absolute atomic E-state index is 12.0. The molecular formula is C14H17N3O2. The second-order valence-corrected chi connectivity index (χ2v) is 4.24. The van der Waals surface area contributed by atoms with E-state index in [2.05, 4.69) is 4.98 Å². The number of nitrogens with two attached hydrogens (primary N) is 1. The predicted octanol–water partition coefficient (Wildman–Crippen LogP) is 1.74. The molecule has 0 bridgehead atoms. The highest BCUT2D eigenvalue weighted by Gasteiger charge is 2.06. The molecule has 0 saturated carbocycles. The molecule has 0 aliphatic carbocycles. The lowest BCUT2D eigenvalue weighted by molar-refractivity contribution is 0.121. The van der Waals surface area contributed by atoms with Crippen molar-refractivity contribution in [3.05, 3.63) is 52.7 Å².